The molecule has 0 fully saturated rings. The number of halogens is 4. The van der Waals surface area contributed by atoms with Crippen molar-refractivity contribution in [1.82, 2.24) is 15.6 Å². The topological polar surface area (TPSA) is 103 Å². The van der Waals surface area contributed by atoms with Crippen LogP contribution >= 0.6 is 0 Å². The SMILES string of the molecule is CCCC(NC(=O)NCc1ccc(F)cc1)C(=O)Nc1cc(C(F)(F)F)c[nH]c1=O. The van der Waals surface area contributed by atoms with E-state index in [-0.39, 0.29) is 13.0 Å². The zero-order chi connectivity index (χ0) is 22.3. The minimum atomic E-state index is -4.70. The third-order valence-corrected chi connectivity index (χ3v) is 4.05. The van der Waals surface area contributed by atoms with E-state index in [4.69, 9.17) is 0 Å². The van der Waals surface area contributed by atoms with Crippen molar-refractivity contribution in [3.8, 4) is 0 Å². The van der Waals surface area contributed by atoms with Crippen LogP contribution < -0.4 is 21.5 Å². The number of benzene rings is 1. The lowest BCUT2D eigenvalue weighted by molar-refractivity contribution is -0.137. The third kappa shape index (κ3) is 6.61. The summed E-state index contributed by atoms with van der Waals surface area (Å²) in [6, 6.07) is 4.15. The van der Waals surface area contributed by atoms with Gasteiger partial charge in [0, 0.05) is 12.7 Å². The molecule has 0 saturated heterocycles. The minimum absolute atomic E-state index is 0.0693. The van der Waals surface area contributed by atoms with Gasteiger partial charge in [-0.2, -0.15) is 13.2 Å². The quantitative estimate of drug-likeness (QED) is 0.510. The summed E-state index contributed by atoms with van der Waals surface area (Å²) in [7, 11) is 0. The van der Waals surface area contributed by atoms with Crippen LogP contribution in [-0.2, 0) is 17.5 Å². The summed E-state index contributed by atoms with van der Waals surface area (Å²) in [6.07, 6.45) is -3.53. The van der Waals surface area contributed by atoms with Crippen LogP contribution in [0.3, 0.4) is 0 Å². The van der Waals surface area contributed by atoms with E-state index >= 15 is 0 Å². The van der Waals surface area contributed by atoms with E-state index in [1.165, 1.54) is 24.3 Å². The van der Waals surface area contributed by atoms with Gasteiger partial charge in [0.15, 0.2) is 0 Å². The Morgan fingerprint density at radius 1 is 1.17 bits per heavy atom. The van der Waals surface area contributed by atoms with Crippen molar-refractivity contribution >= 4 is 17.6 Å². The molecule has 0 spiro atoms. The number of anilines is 1. The van der Waals surface area contributed by atoms with Gasteiger partial charge in [-0.25, -0.2) is 9.18 Å². The van der Waals surface area contributed by atoms with Crippen molar-refractivity contribution in [2.75, 3.05) is 5.32 Å². The molecular weight excluding hydrogens is 408 g/mol. The lowest BCUT2D eigenvalue weighted by Gasteiger charge is -2.18. The highest BCUT2D eigenvalue weighted by Crippen LogP contribution is 2.29. The number of hydrogen-bond acceptors (Lipinski definition) is 3. The van der Waals surface area contributed by atoms with E-state index in [2.05, 4.69) is 16.0 Å². The van der Waals surface area contributed by atoms with Gasteiger partial charge in [0.2, 0.25) is 5.91 Å². The molecule has 1 heterocycles. The molecule has 0 aliphatic rings. The molecule has 0 radical (unpaired) electrons. The molecule has 30 heavy (non-hydrogen) atoms. The van der Waals surface area contributed by atoms with Gasteiger partial charge in [-0.15, -0.1) is 0 Å². The Morgan fingerprint density at radius 2 is 1.83 bits per heavy atom. The number of urea groups is 1. The summed E-state index contributed by atoms with van der Waals surface area (Å²) in [4.78, 5) is 38.2. The molecule has 4 N–H and O–H groups in total. The van der Waals surface area contributed by atoms with E-state index < -0.39 is 46.8 Å². The van der Waals surface area contributed by atoms with Gasteiger partial charge in [0.25, 0.3) is 5.56 Å². The van der Waals surface area contributed by atoms with Crippen LogP contribution in [0.25, 0.3) is 0 Å². The van der Waals surface area contributed by atoms with Gasteiger partial charge in [0.05, 0.1) is 5.56 Å². The van der Waals surface area contributed by atoms with Gasteiger partial charge >= 0.3 is 12.2 Å². The van der Waals surface area contributed by atoms with Crippen LogP contribution in [0.4, 0.5) is 28.0 Å². The van der Waals surface area contributed by atoms with Gasteiger partial charge in [-0.1, -0.05) is 25.5 Å². The zero-order valence-electron chi connectivity index (χ0n) is 15.9. The van der Waals surface area contributed by atoms with Crippen molar-refractivity contribution in [2.45, 2.75) is 38.5 Å². The molecule has 7 nitrogen and oxygen atoms in total. The lowest BCUT2D eigenvalue weighted by Crippen LogP contribution is -2.48. The van der Waals surface area contributed by atoms with Crippen LogP contribution in [0.5, 0.6) is 0 Å². The molecule has 0 saturated carbocycles. The number of pyridine rings is 1. The van der Waals surface area contributed by atoms with E-state index in [1.807, 2.05) is 4.98 Å². The molecule has 0 bridgehead atoms. The molecule has 1 aromatic carbocycles. The van der Waals surface area contributed by atoms with Crippen molar-refractivity contribution in [1.29, 1.82) is 0 Å². The van der Waals surface area contributed by atoms with E-state index in [0.29, 0.717) is 24.2 Å². The minimum Gasteiger partial charge on any atom is -0.334 e. The van der Waals surface area contributed by atoms with Gasteiger partial charge in [-0.05, 0) is 30.2 Å². The van der Waals surface area contributed by atoms with Crippen LogP contribution in [0.1, 0.15) is 30.9 Å². The number of aromatic nitrogens is 1. The molecule has 0 aliphatic carbocycles. The Labute approximate surface area is 168 Å². The molecule has 1 atom stereocenters. The number of carbonyl (C=O) groups is 2. The maximum Gasteiger partial charge on any atom is 0.417 e. The predicted octanol–water partition coefficient (Wildman–Crippen LogP) is 3.14. The number of hydrogen-bond donors (Lipinski definition) is 4. The van der Waals surface area contributed by atoms with Crippen LogP contribution in [0, 0.1) is 5.82 Å². The molecule has 2 aromatic rings. The van der Waals surface area contributed by atoms with Crippen LogP contribution in [0.2, 0.25) is 0 Å². The first-order valence-corrected chi connectivity index (χ1v) is 8.99. The predicted molar refractivity (Wildman–Crippen MR) is 101 cm³/mol. The molecule has 2 rings (SSSR count). The second-order valence-electron chi connectivity index (χ2n) is 6.41. The Bertz CT molecular complexity index is 942. The lowest BCUT2D eigenvalue weighted by atomic mass is 10.1. The summed E-state index contributed by atoms with van der Waals surface area (Å²) in [6.45, 7) is 1.81. The van der Waals surface area contributed by atoms with Crippen molar-refractivity contribution in [3.05, 3.63) is 63.8 Å². The van der Waals surface area contributed by atoms with E-state index in [9.17, 15) is 31.9 Å². The Morgan fingerprint density at radius 3 is 2.43 bits per heavy atom. The highest BCUT2D eigenvalue weighted by atomic mass is 19.4. The molecule has 1 unspecified atom stereocenters. The van der Waals surface area contributed by atoms with Crippen molar-refractivity contribution in [2.24, 2.45) is 0 Å². The van der Waals surface area contributed by atoms with Crippen LogP contribution in [0.15, 0.2) is 41.3 Å². The normalized spacial score (nSPS) is 12.2. The molecule has 162 valence electrons. The van der Waals surface area contributed by atoms with Crippen molar-refractivity contribution in [3.63, 3.8) is 0 Å². The number of nitrogens with one attached hydrogen (secondary N) is 4. The van der Waals surface area contributed by atoms with E-state index in [0.717, 1.165) is 0 Å². The zero-order valence-corrected chi connectivity index (χ0v) is 15.9. The highest BCUT2D eigenvalue weighted by molar-refractivity contribution is 5.96. The number of aromatic amines is 1. The highest BCUT2D eigenvalue weighted by Gasteiger charge is 2.32. The Balaban J connectivity index is 2.03. The smallest absolute Gasteiger partial charge is 0.334 e. The first-order valence-electron chi connectivity index (χ1n) is 8.99. The maximum absolute atomic E-state index is 12.9. The summed E-state index contributed by atoms with van der Waals surface area (Å²) in [5.74, 6) is -1.26. The maximum atomic E-state index is 12.9. The number of rotatable bonds is 7. The van der Waals surface area contributed by atoms with Gasteiger partial charge < -0.3 is 20.9 Å². The average Bonchev–Trinajstić information content (AvgIpc) is 2.68. The van der Waals surface area contributed by atoms with Crippen molar-refractivity contribution < 1.29 is 27.2 Å². The average molecular weight is 428 g/mol. The Hall–Kier alpha value is -3.37. The molecular formula is C19H20F4N4O3. The second-order valence-corrected chi connectivity index (χ2v) is 6.41. The van der Waals surface area contributed by atoms with Gasteiger partial charge in [0.1, 0.15) is 17.5 Å². The number of amides is 3. The monoisotopic (exact) mass is 428 g/mol. The number of alkyl halides is 3. The fraction of sp³-hybridized carbons (Fsp3) is 0.316. The molecule has 1 aromatic heterocycles. The Kier molecular flexibility index (Phi) is 7.56. The fourth-order valence-electron chi connectivity index (χ4n) is 2.51. The summed E-state index contributed by atoms with van der Waals surface area (Å²) >= 11 is 0. The molecule has 11 heteroatoms. The summed E-state index contributed by atoms with van der Waals surface area (Å²) < 4.78 is 51.3. The first-order chi connectivity index (χ1) is 14.1. The van der Waals surface area contributed by atoms with Crippen LogP contribution in [-0.4, -0.2) is 23.0 Å². The fourth-order valence-corrected chi connectivity index (χ4v) is 2.51. The summed E-state index contributed by atoms with van der Waals surface area (Å²) in [5.41, 5.74) is -2.00. The molecule has 3 amide bonds. The first kappa shape index (κ1) is 22.9. The van der Waals surface area contributed by atoms with Gasteiger partial charge in [-0.3, -0.25) is 9.59 Å². The standard InChI is InChI=1S/C19H20F4N4O3/c1-2-3-14(27-18(30)25-9-11-4-6-13(20)7-5-11)17(29)26-15-8-12(19(21,22)23)10-24-16(15)28/h4-8,10,14H,2-3,9H2,1H3,(H,24,28)(H,26,29)(H2,25,27,30). The number of H-pyrrole nitrogens is 1. The summed E-state index contributed by atoms with van der Waals surface area (Å²) in [5, 5.41) is 7.04. The largest absolute Gasteiger partial charge is 0.417 e. The third-order valence-electron chi connectivity index (χ3n) is 4.05. The second kappa shape index (κ2) is 9.90. The van der Waals surface area contributed by atoms with E-state index in [1.54, 1.807) is 6.92 Å². The molecule has 0 aliphatic heterocycles. The number of carbonyl (C=O) groups excluding carboxylic acids is 2.